The fraction of sp³-hybridized carbons (Fsp3) is 0.429. The first-order valence-electron chi connectivity index (χ1n) is 2.83. The predicted molar refractivity (Wildman–Crippen MR) is 49.8 cm³/mol. The van der Waals surface area contributed by atoms with Crippen LogP contribution in [0.1, 0.15) is 20.8 Å². The summed E-state index contributed by atoms with van der Waals surface area (Å²) in [6, 6.07) is 0. The van der Waals surface area contributed by atoms with Crippen molar-refractivity contribution in [1.29, 1.82) is 0 Å². The van der Waals surface area contributed by atoms with Crippen molar-refractivity contribution in [3.05, 3.63) is 22.6 Å². The van der Waals surface area contributed by atoms with Gasteiger partial charge in [0.2, 0.25) is 0 Å². The molecule has 0 atom stereocenters. The molecule has 0 unspecified atom stereocenters. The zero-order valence-electron chi connectivity index (χ0n) is 6.01. The van der Waals surface area contributed by atoms with Gasteiger partial charge in [-0.2, -0.15) is 0 Å². The van der Waals surface area contributed by atoms with Crippen LogP contribution in [-0.4, -0.2) is 0 Å². The topological polar surface area (TPSA) is 0 Å². The maximum Gasteiger partial charge on any atom is 0.0136 e. The fourth-order valence-electron chi connectivity index (χ4n) is 0.447. The molecule has 0 aliphatic rings. The largest absolute Gasteiger partial charge is 0.106 e. The highest BCUT2D eigenvalue weighted by Gasteiger charge is 1.85. The zero-order valence-corrected chi connectivity index (χ0v) is 7.72. The van der Waals surface area contributed by atoms with E-state index in [1.165, 1.54) is 21.3 Å². The highest BCUT2D eigenvalue weighted by molar-refractivity contribution is 8.70. The average molecular weight is 160 g/mol. The quantitative estimate of drug-likeness (QED) is 0.367. The second-order valence-electron chi connectivity index (χ2n) is 2.00. The minimum Gasteiger partial charge on any atom is -0.106 e. The molecule has 0 fully saturated rings. The van der Waals surface area contributed by atoms with E-state index in [0.717, 1.165) is 0 Å². The molecule has 0 amide bonds. The Morgan fingerprint density at radius 2 is 2.00 bits per heavy atom. The van der Waals surface area contributed by atoms with Crippen molar-refractivity contribution in [2.45, 2.75) is 20.8 Å². The molecule has 0 aromatic rings. The third-order valence-corrected chi connectivity index (χ3v) is 2.02. The highest BCUT2D eigenvalue weighted by Crippen LogP contribution is 2.21. The van der Waals surface area contributed by atoms with Gasteiger partial charge in [-0.05, 0) is 26.8 Å². The van der Waals surface area contributed by atoms with Gasteiger partial charge in [0, 0.05) is 4.91 Å². The molecule has 0 bridgehead atoms. The first kappa shape index (κ1) is 9.18. The Bertz CT molecular complexity index is 130. The van der Waals surface area contributed by atoms with Crippen LogP contribution in [0, 0.1) is 0 Å². The summed E-state index contributed by atoms with van der Waals surface area (Å²) >= 11 is 4.07. The molecule has 0 radical (unpaired) electrons. The van der Waals surface area contributed by atoms with E-state index in [4.69, 9.17) is 0 Å². The van der Waals surface area contributed by atoms with Crippen LogP contribution < -0.4 is 0 Å². The van der Waals surface area contributed by atoms with Gasteiger partial charge in [-0.1, -0.05) is 22.4 Å². The van der Waals surface area contributed by atoms with E-state index >= 15 is 0 Å². The molecule has 52 valence electrons. The van der Waals surface area contributed by atoms with E-state index < -0.39 is 0 Å². The maximum absolute atomic E-state index is 4.07. The molecule has 0 saturated heterocycles. The normalized spacial score (nSPS) is 11.3. The van der Waals surface area contributed by atoms with Crippen molar-refractivity contribution in [2.75, 3.05) is 0 Å². The molecule has 0 aromatic heterocycles. The molecule has 9 heavy (non-hydrogen) atoms. The Morgan fingerprint density at radius 1 is 1.44 bits per heavy atom. The number of thiol groups is 1. The van der Waals surface area contributed by atoms with E-state index in [1.807, 2.05) is 13.0 Å². The van der Waals surface area contributed by atoms with Gasteiger partial charge in [-0.25, -0.2) is 0 Å². The second-order valence-corrected chi connectivity index (χ2v) is 3.21. The molecule has 0 rings (SSSR count). The first-order valence-corrected chi connectivity index (χ1v) is 4.70. The Balaban J connectivity index is 4.01. The molecule has 0 saturated carbocycles. The lowest BCUT2D eigenvalue weighted by Gasteiger charge is -1.93. The summed E-state index contributed by atoms with van der Waals surface area (Å²) in [4.78, 5) is 1.21. The van der Waals surface area contributed by atoms with Crippen molar-refractivity contribution in [3.8, 4) is 0 Å². The van der Waals surface area contributed by atoms with Crippen molar-refractivity contribution < 1.29 is 0 Å². The summed E-state index contributed by atoms with van der Waals surface area (Å²) in [6.45, 7) is 6.17. The molecule has 2 heteroatoms. The number of hydrogen-bond acceptors (Lipinski definition) is 2. The van der Waals surface area contributed by atoms with E-state index in [9.17, 15) is 0 Å². The van der Waals surface area contributed by atoms with Crippen LogP contribution in [0.4, 0.5) is 0 Å². The van der Waals surface area contributed by atoms with Crippen LogP contribution in [0.5, 0.6) is 0 Å². The summed E-state index contributed by atoms with van der Waals surface area (Å²) < 4.78 is 0. The molecule has 0 aliphatic carbocycles. The van der Waals surface area contributed by atoms with E-state index in [0.29, 0.717) is 0 Å². The first-order chi connectivity index (χ1) is 4.20. The summed E-state index contributed by atoms with van der Waals surface area (Å²) in [6.07, 6.45) is 4.16. The maximum atomic E-state index is 4.07. The third-order valence-electron chi connectivity index (χ3n) is 0.821. The molecule has 0 aromatic carbocycles. The van der Waals surface area contributed by atoms with Crippen molar-refractivity contribution in [1.82, 2.24) is 0 Å². The van der Waals surface area contributed by atoms with E-state index in [1.54, 1.807) is 0 Å². The second kappa shape index (κ2) is 5.00. The Kier molecular flexibility index (Phi) is 5.10. The average Bonchev–Trinajstić information content (AvgIpc) is 1.82. The van der Waals surface area contributed by atoms with Crippen LogP contribution in [0.15, 0.2) is 22.6 Å². The Labute approximate surface area is 66.2 Å². The smallest absolute Gasteiger partial charge is 0.0136 e. The van der Waals surface area contributed by atoms with Crippen LogP contribution in [0.2, 0.25) is 0 Å². The Morgan fingerprint density at radius 3 is 2.11 bits per heavy atom. The third kappa shape index (κ3) is 4.67. The van der Waals surface area contributed by atoms with Crippen LogP contribution in [0.25, 0.3) is 0 Å². The number of rotatable bonds is 2. The lowest BCUT2D eigenvalue weighted by atomic mass is 10.3. The molecular weight excluding hydrogens is 148 g/mol. The van der Waals surface area contributed by atoms with Gasteiger partial charge in [-0.15, -0.1) is 11.7 Å². The molecule has 0 spiro atoms. The van der Waals surface area contributed by atoms with Crippen LogP contribution in [0.3, 0.4) is 0 Å². The van der Waals surface area contributed by atoms with Gasteiger partial charge < -0.3 is 0 Å². The molecular formula is C7H12S2. The van der Waals surface area contributed by atoms with Gasteiger partial charge in [-0.3, -0.25) is 0 Å². The molecule has 0 aliphatic heterocycles. The number of allylic oxidation sites excluding steroid dienone is 3. The summed E-state index contributed by atoms with van der Waals surface area (Å²) in [7, 11) is 1.48. The zero-order chi connectivity index (χ0) is 7.28. The minimum absolute atomic E-state index is 1.21. The van der Waals surface area contributed by atoms with Gasteiger partial charge in [0.05, 0.1) is 0 Å². The molecule has 0 N–H and O–H groups in total. The van der Waals surface area contributed by atoms with Crippen molar-refractivity contribution in [2.24, 2.45) is 0 Å². The number of hydrogen-bond donors (Lipinski definition) is 1. The van der Waals surface area contributed by atoms with E-state index in [-0.39, 0.29) is 0 Å². The van der Waals surface area contributed by atoms with Gasteiger partial charge in [0.1, 0.15) is 0 Å². The van der Waals surface area contributed by atoms with Crippen LogP contribution >= 0.6 is 22.5 Å². The van der Waals surface area contributed by atoms with Gasteiger partial charge >= 0.3 is 0 Å². The lowest BCUT2D eigenvalue weighted by molar-refractivity contribution is 1.39. The SMILES string of the molecule is CC=C(C=C(C)C)SS. The van der Waals surface area contributed by atoms with Gasteiger partial charge in [0.15, 0.2) is 0 Å². The standard InChI is InChI=1S/C7H12S2/c1-4-7(9-8)5-6(2)3/h4-5,8H,1-3H3. The minimum atomic E-state index is 1.21. The van der Waals surface area contributed by atoms with Crippen LogP contribution in [-0.2, 0) is 0 Å². The molecule has 0 heterocycles. The van der Waals surface area contributed by atoms with Crippen molar-refractivity contribution in [3.63, 3.8) is 0 Å². The highest BCUT2D eigenvalue weighted by atomic mass is 33.1. The summed E-state index contributed by atoms with van der Waals surface area (Å²) in [5.74, 6) is 0. The van der Waals surface area contributed by atoms with Crippen molar-refractivity contribution >= 4 is 22.5 Å². The monoisotopic (exact) mass is 160 g/mol. The van der Waals surface area contributed by atoms with Gasteiger partial charge in [0.25, 0.3) is 0 Å². The Hall–Kier alpha value is 0.180. The predicted octanol–water partition coefficient (Wildman–Crippen LogP) is 3.43. The fourth-order valence-corrected chi connectivity index (χ4v) is 1.32. The molecule has 0 nitrogen and oxygen atoms in total. The summed E-state index contributed by atoms with van der Waals surface area (Å²) in [5.41, 5.74) is 1.31. The lowest BCUT2D eigenvalue weighted by Crippen LogP contribution is -1.66. The van der Waals surface area contributed by atoms with E-state index in [2.05, 4.69) is 31.6 Å². The summed E-state index contributed by atoms with van der Waals surface area (Å²) in [5, 5.41) is 0.